The van der Waals surface area contributed by atoms with E-state index in [0.29, 0.717) is 44.2 Å². The molecule has 2 fully saturated rings. The third kappa shape index (κ3) is 4.61. The number of piperidine rings is 1. The Kier molecular flexibility index (Phi) is 6.20. The van der Waals surface area contributed by atoms with E-state index in [-0.39, 0.29) is 17.4 Å². The number of fused-ring (bicyclic) bond motifs is 1. The summed E-state index contributed by atoms with van der Waals surface area (Å²) >= 11 is 1.81. The first kappa shape index (κ1) is 20.8. The van der Waals surface area contributed by atoms with Gasteiger partial charge in [0.15, 0.2) is 0 Å². The number of nitrogens with zero attached hydrogens (tertiary/aromatic N) is 3. The van der Waals surface area contributed by atoms with Crippen LogP contribution in [0.15, 0.2) is 22.3 Å². The maximum absolute atomic E-state index is 12.9. The lowest BCUT2D eigenvalue weighted by Crippen LogP contribution is -2.44. The Labute approximate surface area is 186 Å². The van der Waals surface area contributed by atoms with E-state index in [4.69, 9.17) is 9.72 Å². The summed E-state index contributed by atoms with van der Waals surface area (Å²) in [5, 5.41) is 2.13. The summed E-state index contributed by atoms with van der Waals surface area (Å²) in [4.78, 5) is 39.4. The van der Waals surface area contributed by atoms with Crippen molar-refractivity contribution in [1.29, 1.82) is 0 Å². The first-order valence-electron chi connectivity index (χ1n) is 11.4. The number of amides is 1. The van der Waals surface area contributed by atoms with Crippen LogP contribution in [0, 0.1) is 5.92 Å². The van der Waals surface area contributed by atoms with Crippen molar-refractivity contribution in [2.75, 3.05) is 32.8 Å². The van der Waals surface area contributed by atoms with Crippen LogP contribution in [-0.2, 0) is 29.0 Å². The third-order valence-corrected chi connectivity index (χ3v) is 7.76. The van der Waals surface area contributed by atoms with Crippen LogP contribution in [0.3, 0.4) is 0 Å². The van der Waals surface area contributed by atoms with E-state index in [0.717, 1.165) is 56.8 Å². The summed E-state index contributed by atoms with van der Waals surface area (Å²) in [5.41, 5.74) is 1.49. The van der Waals surface area contributed by atoms with Crippen LogP contribution in [0.4, 0.5) is 0 Å². The summed E-state index contributed by atoms with van der Waals surface area (Å²) in [6.07, 6.45) is 4.25. The van der Waals surface area contributed by atoms with Gasteiger partial charge in [-0.2, -0.15) is 0 Å². The van der Waals surface area contributed by atoms with E-state index in [2.05, 4.69) is 27.4 Å². The molecule has 166 valence electrons. The van der Waals surface area contributed by atoms with E-state index < -0.39 is 0 Å². The molecule has 0 spiro atoms. The molecule has 0 radical (unpaired) electrons. The van der Waals surface area contributed by atoms with Crippen molar-refractivity contribution in [1.82, 2.24) is 19.8 Å². The molecule has 3 aliphatic heterocycles. The van der Waals surface area contributed by atoms with Gasteiger partial charge in [0.25, 0.3) is 5.56 Å². The largest absolute Gasteiger partial charge is 0.381 e. The number of ether oxygens (including phenoxy) is 1. The third-order valence-electron chi connectivity index (χ3n) is 6.90. The highest BCUT2D eigenvalue weighted by molar-refractivity contribution is 7.09. The van der Waals surface area contributed by atoms with Crippen molar-refractivity contribution in [2.45, 2.75) is 51.1 Å². The lowest BCUT2D eigenvalue weighted by Gasteiger charge is -2.33. The molecule has 5 rings (SSSR count). The van der Waals surface area contributed by atoms with Crippen molar-refractivity contribution in [3.8, 4) is 0 Å². The molecule has 0 bridgehead atoms. The standard InChI is InChI=1S/C23H30N4O3S/c28-22-19-15-27(23(29)17-6-11-30-12-7-17)10-5-20(19)24-21(25-22)16-3-8-26(9-4-16)14-18-2-1-13-31-18/h1-2,13,16-17H,3-12,14-15H2,(H,24,25,28). The molecular formula is C23H30N4O3S. The number of nitrogens with one attached hydrogen (secondary N) is 1. The SMILES string of the molecule is O=C(C1CCOCC1)N1CCc2nc(C3CCN(Cc4cccs4)CC3)[nH]c(=O)c2C1. The van der Waals surface area contributed by atoms with Gasteiger partial charge in [0.1, 0.15) is 5.82 Å². The van der Waals surface area contributed by atoms with Crippen molar-refractivity contribution in [3.05, 3.63) is 49.8 Å². The molecule has 7 nitrogen and oxygen atoms in total. The lowest BCUT2D eigenvalue weighted by atomic mass is 9.94. The molecule has 2 saturated heterocycles. The van der Waals surface area contributed by atoms with Crippen LogP contribution < -0.4 is 5.56 Å². The first-order chi connectivity index (χ1) is 15.2. The molecule has 0 aliphatic carbocycles. The second kappa shape index (κ2) is 9.22. The van der Waals surface area contributed by atoms with E-state index in [1.54, 1.807) is 11.3 Å². The molecular weight excluding hydrogens is 412 g/mol. The average molecular weight is 443 g/mol. The van der Waals surface area contributed by atoms with Crippen LogP contribution in [0.5, 0.6) is 0 Å². The number of aromatic nitrogens is 2. The van der Waals surface area contributed by atoms with Crippen molar-refractivity contribution in [3.63, 3.8) is 0 Å². The summed E-state index contributed by atoms with van der Waals surface area (Å²) < 4.78 is 5.38. The second-order valence-corrected chi connectivity index (χ2v) is 9.93. The fourth-order valence-corrected chi connectivity index (χ4v) is 5.76. The number of aromatic amines is 1. The number of hydrogen-bond donors (Lipinski definition) is 1. The Morgan fingerprint density at radius 3 is 2.74 bits per heavy atom. The Morgan fingerprint density at radius 1 is 1.19 bits per heavy atom. The summed E-state index contributed by atoms with van der Waals surface area (Å²) in [6.45, 7) is 5.39. The highest BCUT2D eigenvalue weighted by Crippen LogP contribution is 2.28. The van der Waals surface area contributed by atoms with Gasteiger partial charge in [-0.1, -0.05) is 6.07 Å². The Balaban J connectivity index is 1.23. The first-order valence-corrected chi connectivity index (χ1v) is 12.3. The second-order valence-electron chi connectivity index (χ2n) is 8.90. The van der Waals surface area contributed by atoms with E-state index in [1.165, 1.54) is 4.88 Å². The van der Waals surface area contributed by atoms with E-state index >= 15 is 0 Å². The Bertz CT molecular complexity index is 960. The number of thiophene rings is 1. The molecule has 1 N–H and O–H groups in total. The van der Waals surface area contributed by atoms with Gasteiger partial charge in [0.2, 0.25) is 5.91 Å². The van der Waals surface area contributed by atoms with E-state index in [9.17, 15) is 9.59 Å². The molecule has 0 atom stereocenters. The van der Waals surface area contributed by atoms with Gasteiger partial charge in [-0.3, -0.25) is 14.5 Å². The predicted octanol–water partition coefficient (Wildman–Crippen LogP) is 2.52. The van der Waals surface area contributed by atoms with Crippen molar-refractivity contribution >= 4 is 17.2 Å². The molecule has 31 heavy (non-hydrogen) atoms. The topological polar surface area (TPSA) is 78.5 Å². The Hall–Kier alpha value is -2.03. The minimum absolute atomic E-state index is 0.0287. The van der Waals surface area contributed by atoms with Gasteiger partial charge in [-0.05, 0) is 50.2 Å². The van der Waals surface area contributed by atoms with Crippen molar-refractivity contribution in [2.24, 2.45) is 5.92 Å². The average Bonchev–Trinajstić information content (AvgIpc) is 3.32. The van der Waals surface area contributed by atoms with Gasteiger partial charge >= 0.3 is 0 Å². The van der Waals surface area contributed by atoms with Crippen LogP contribution in [-0.4, -0.2) is 58.5 Å². The monoisotopic (exact) mass is 442 g/mol. The molecule has 2 aromatic heterocycles. The van der Waals surface area contributed by atoms with Crippen molar-refractivity contribution < 1.29 is 9.53 Å². The van der Waals surface area contributed by atoms with Crippen LogP contribution in [0.25, 0.3) is 0 Å². The number of likely N-dealkylation sites (tertiary alicyclic amines) is 1. The normalized spacial score (nSPS) is 21.2. The van der Waals surface area contributed by atoms with Crippen LogP contribution >= 0.6 is 11.3 Å². The molecule has 1 amide bonds. The number of hydrogen-bond acceptors (Lipinski definition) is 6. The quantitative estimate of drug-likeness (QED) is 0.787. The maximum Gasteiger partial charge on any atom is 0.256 e. The minimum Gasteiger partial charge on any atom is -0.381 e. The summed E-state index contributed by atoms with van der Waals surface area (Å²) in [5.74, 6) is 1.33. The highest BCUT2D eigenvalue weighted by Gasteiger charge is 2.31. The zero-order valence-electron chi connectivity index (χ0n) is 17.8. The van der Waals surface area contributed by atoms with Gasteiger partial charge in [-0.25, -0.2) is 4.98 Å². The van der Waals surface area contributed by atoms with Crippen LogP contribution in [0.1, 0.15) is 53.6 Å². The number of carbonyl (C=O) groups is 1. The Morgan fingerprint density at radius 2 is 2.00 bits per heavy atom. The minimum atomic E-state index is -0.0644. The lowest BCUT2D eigenvalue weighted by molar-refractivity contribution is -0.139. The van der Waals surface area contributed by atoms with Gasteiger partial charge < -0.3 is 14.6 Å². The number of carbonyl (C=O) groups excluding carboxylic acids is 1. The van der Waals surface area contributed by atoms with E-state index in [1.807, 2.05) is 4.90 Å². The zero-order valence-corrected chi connectivity index (χ0v) is 18.7. The number of rotatable bonds is 4. The molecule has 0 saturated carbocycles. The zero-order chi connectivity index (χ0) is 21.2. The molecule has 3 aliphatic rings. The molecule has 0 aromatic carbocycles. The molecule has 5 heterocycles. The van der Waals surface area contributed by atoms with Gasteiger partial charge in [0, 0.05) is 49.4 Å². The predicted molar refractivity (Wildman–Crippen MR) is 119 cm³/mol. The summed E-state index contributed by atoms with van der Waals surface area (Å²) in [6, 6.07) is 4.29. The molecule has 2 aromatic rings. The summed E-state index contributed by atoms with van der Waals surface area (Å²) in [7, 11) is 0. The maximum atomic E-state index is 12.9. The van der Waals surface area contributed by atoms with Gasteiger partial charge in [-0.15, -0.1) is 11.3 Å². The highest BCUT2D eigenvalue weighted by atomic mass is 32.1. The molecule has 8 heteroatoms. The smallest absolute Gasteiger partial charge is 0.256 e. The fraction of sp³-hybridized carbons (Fsp3) is 0.609. The van der Waals surface area contributed by atoms with Crippen LogP contribution in [0.2, 0.25) is 0 Å². The molecule has 0 unspecified atom stereocenters. The fourth-order valence-electron chi connectivity index (χ4n) is 5.02. The number of H-pyrrole nitrogens is 1. The van der Waals surface area contributed by atoms with Gasteiger partial charge in [0.05, 0.1) is 17.8 Å².